The van der Waals surface area contributed by atoms with Crippen LogP contribution < -0.4 is 69.3 Å². The Bertz CT molecular complexity index is 622. The van der Waals surface area contributed by atoms with Gasteiger partial charge in [0.1, 0.15) is 0 Å². The van der Waals surface area contributed by atoms with Gasteiger partial charge in [0.2, 0.25) is 0 Å². The van der Waals surface area contributed by atoms with E-state index in [-0.39, 0.29) is 59.1 Å². The minimum Gasteiger partial charge on any atom is -0.550 e. The van der Waals surface area contributed by atoms with Crippen LogP contribution in [-0.2, 0) is 48.3 Å². The summed E-state index contributed by atoms with van der Waals surface area (Å²) in [5.74, 6) is -5.71. The molecule has 0 bridgehead atoms. The summed E-state index contributed by atoms with van der Waals surface area (Å²) in [7, 11) is -9.67. The molecule has 0 radical (unpaired) electrons. The second-order valence-corrected chi connectivity index (χ2v) is 5.55. The molecule has 14 nitrogen and oxygen atoms in total. The second-order valence-electron chi connectivity index (χ2n) is 3.51. The number of hydrogen-bond donors (Lipinski definition) is 2. The molecule has 0 rings (SSSR count). The maximum absolute atomic E-state index is 10.3. The largest absolute Gasteiger partial charge is 1.00 e. The van der Waals surface area contributed by atoms with Crippen LogP contribution in [0, 0.1) is 0 Å². The molecule has 0 saturated heterocycles. The number of carbonyl (C=O) groups is 4. The third-order valence-corrected chi connectivity index (χ3v) is 2.26. The molecule has 0 fully saturated rings. The van der Waals surface area contributed by atoms with Gasteiger partial charge in [0, 0.05) is 11.9 Å². The zero-order chi connectivity index (χ0) is 19.6. The molecule has 140 valence electrons. The molecule has 0 atom stereocenters. The number of hydrogen-bond acceptors (Lipinski definition) is 12. The van der Waals surface area contributed by atoms with E-state index in [1.807, 2.05) is 0 Å². The molecule has 0 aliphatic rings. The molecule has 0 spiro atoms. The molecule has 26 heavy (non-hydrogen) atoms. The maximum atomic E-state index is 10.3. The molecule has 0 aliphatic heterocycles. The summed E-state index contributed by atoms with van der Waals surface area (Å²) in [4.78, 5) is 40.1. The Morgan fingerprint density at radius 1 is 0.654 bits per heavy atom. The third-order valence-electron chi connectivity index (χ3n) is 1.46. The monoisotopic (exact) mass is 440 g/mol. The van der Waals surface area contributed by atoms with Crippen LogP contribution >= 0.6 is 0 Å². The van der Waals surface area contributed by atoms with E-state index >= 15 is 0 Å². The van der Waals surface area contributed by atoms with Crippen LogP contribution in [-0.4, -0.2) is 49.8 Å². The van der Waals surface area contributed by atoms with Crippen molar-refractivity contribution in [3.63, 3.8) is 0 Å². The van der Waals surface area contributed by atoms with E-state index in [0.29, 0.717) is 0 Å². The van der Waals surface area contributed by atoms with Crippen LogP contribution in [0.1, 0.15) is 25.7 Å². The van der Waals surface area contributed by atoms with Crippen LogP contribution in [0.4, 0.5) is 0 Å². The predicted octanol–water partition coefficient (Wildman–Crippen LogP) is -10.3. The third kappa shape index (κ3) is 31.5. The zero-order valence-corrected chi connectivity index (χ0v) is 19.1. The summed E-state index contributed by atoms with van der Waals surface area (Å²) in [5, 5.41) is 19.5. The fourth-order valence-corrected chi connectivity index (χ4v) is 1.36. The minimum atomic E-state index is -4.83. The van der Waals surface area contributed by atoms with Crippen molar-refractivity contribution in [3.8, 4) is 0 Å². The van der Waals surface area contributed by atoms with Crippen molar-refractivity contribution < 1.29 is 123 Å². The van der Waals surface area contributed by atoms with Crippen molar-refractivity contribution >= 4 is 44.7 Å². The van der Waals surface area contributed by atoms with Crippen molar-refractivity contribution in [1.29, 1.82) is 0 Å². The first kappa shape index (κ1) is 33.3. The van der Waals surface area contributed by atoms with Gasteiger partial charge in [0.25, 0.3) is 0 Å². The van der Waals surface area contributed by atoms with E-state index in [1.54, 1.807) is 0 Å². The molecule has 0 amide bonds. The van der Waals surface area contributed by atoms with E-state index in [1.165, 1.54) is 0 Å². The van der Waals surface area contributed by atoms with Gasteiger partial charge in [0.15, 0.2) is 0 Å². The smallest absolute Gasteiger partial charge is 0.550 e. The zero-order valence-electron chi connectivity index (χ0n) is 13.4. The topological polar surface area (TPSA) is 242 Å². The van der Waals surface area contributed by atoms with Gasteiger partial charge in [-0.3, -0.25) is 18.7 Å². The molecule has 0 heterocycles. The Kier molecular flexibility index (Phi) is 20.1. The fourth-order valence-electron chi connectivity index (χ4n) is 0.726. The standard InChI is InChI=1S/2C4H6O7S.2Na/c2*5-3(6)1-2-4(7)11-12(8,9)10;;/h2*1-2H2,(H,5,6)(H,8,9,10);;/q;;2*+1/p-2. The number of carboxylic acids is 2. The van der Waals surface area contributed by atoms with E-state index in [2.05, 4.69) is 8.37 Å². The normalized spacial score (nSPS) is 9.92. The van der Waals surface area contributed by atoms with Gasteiger partial charge in [-0.1, -0.05) is 0 Å². The van der Waals surface area contributed by atoms with Crippen LogP contribution in [0.15, 0.2) is 0 Å². The van der Waals surface area contributed by atoms with Crippen molar-refractivity contribution in [3.05, 3.63) is 0 Å². The molecular formula is C8H10Na2O14S2. The first-order valence-corrected chi connectivity index (χ1v) is 8.14. The van der Waals surface area contributed by atoms with E-state index in [9.17, 15) is 46.2 Å². The number of aliphatic carboxylic acids is 2. The molecule has 0 aliphatic carbocycles. The Morgan fingerprint density at radius 3 is 1.04 bits per heavy atom. The van der Waals surface area contributed by atoms with Gasteiger partial charge in [0.05, 0.1) is 12.8 Å². The van der Waals surface area contributed by atoms with E-state index < -0.39 is 70.4 Å². The fraction of sp³-hybridized carbons (Fsp3) is 0.500. The Balaban J connectivity index is -0.000000173. The number of rotatable bonds is 8. The van der Waals surface area contributed by atoms with E-state index in [0.717, 1.165) is 0 Å². The molecule has 0 aromatic carbocycles. The SMILES string of the molecule is O=C([O-])CCC(=O)OS(=O)(=O)O.O=C([O-])CCC(=O)OS(=O)(=O)O.[Na+].[Na+]. The average Bonchev–Trinajstić information content (AvgIpc) is 2.30. The van der Waals surface area contributed by atoms with Crippen molar-refractivity contribution in [2.45, 2.75) is 25.7 Å². The van der Waals surface area contributed by atoms with Crippen LogP contribution in [0.3, 0.4) is 0 Å². The van der Waals surface area contributed by atoms with E-state index in [4.69, 9.17) is 9.11 Å². The van der Waals surface area contributed by atoms with Crippen LogP contribution in [0.25, 0.3) is 0 Å². The van der Waals surface area contributed by atoms with Crippen molar-refractivity contribution in [1.82, 2.24) is 0 Å². The van der Waals surface area contributed by atoms with Gasteiger partial charge in [-0.2, -0.15) is 16.8 Å². The van der Waals surface area contributed by atoms with Gasteiger partial charge in [-0.05, 0) is 12.8 Å². The molecule has 0 aromatic rings. The van der Waals surface area contributed by atoms with Gasteiger partial charge in [-0.15, -0.1) is 0 Å². The maximum Gasteiger partial charge on any atom is 1.00 e. The number of carbonyl (C=O) groups excluding carboxylic acids is 4. The molecular weight excluding hydrogens is 430 g/mol. The summed E-state index contributed by atoms with van der Waals surface area (Å²) >= 11 is 0. The summed E-state index contributed by atoms with van der Waals surface area (Å²) in [6, 6.07) is 0. The van der Waals surface area contributed by atoms with Crippen LogP contribution in [0.5, 0.6) is 0 Å². The average molecular weight is 440 g/mol. The quantitative estimate of drug-likeness (QED) is 0.263. The summed E-state index contributed by atoms with van der Waals surface area (Å²) in [5.41, 5.74) is 0. The predicted molar refractivity (Wildman–Crippen MR) is 63.8 cm³/mol. The van der Waals surface area contributed by atoms with Crippen molar-refractivity contribution in [2.75, 3.05) is 0 Å². The molecule has 0 saturated carbocycles. The number of carboxylic acid groups (broad SMARTS) is 2. The molecule has 0 unspecified atom stereocenters. The Morgan fingerprint density at radius 2 is 0.885 bits per heavy atom. The summed E-state index contributed by atoms with van der Waals surface area (Å²) < 4.78 is 62.0. The van der Waals surface area contributed by atoms with Gasteiger partial charge >= 0.3 is 91.9 Å². The first-order valence-electron chi connectivity index (χ1n) is 5.41. The molecule has 0 aromatic heterocycles. The second kappa shape index (κ2) is 15.7. The summed E-state index contributed by atoms with van der Waals surface area (Å²) in [6.45, 7) is 0. The Labute approximate surface area is 191 Å². The Hall–Kier alpha value is -0.300. The van der Waals surface area contributed by atoms with Gasteiger partial charge in [-0.25, -0.2) is 0 Å². The molecule has 18 heteroatoms. The van der Waals surface area contributed by atoms with Gasteiger partial charge < -0.3 is 28.2 Å². The molecule has 2 N–H and O–H groups in total. The van der Waals surface area contributed by atoms with Crippen molar-refractivity contribution in [2.24, 2.45) is 0 Å². The summed E-state index contributed by atoms with van der Waals surface area (Å²) in [6.07, 6.45) is -2.65. The first-order chi connectivity index (χ1) is 10.6. The van der Waals surface area contributed by atoms with Crippen LogP contribution in [0.2, 0.25) is 0 Å². The minimum absolute atomic E-state index is 0.